The second-order valence-electron chi connectivity index (χ2n) is 5.79. The Balaban J connectivity index is 2.31. The predicted molar refractivity (Wildman–Crippen MR) is 84.5 cm³/mol. The lowest BCUT2D eigenvalue weighted by Gasteiger charge is -2.19. The van der Waals surface area contributed by atoms with Crippen molar-refractivity contribution < 1.29 is 0 Å². The van der Waals surface area contributed by atoms with Gasteiger partial charge in [0.15, 0.2) is 5.17 Å². The number of hydrogen-bond donors (Lipinski definition) is 1. The Bertz CT molecular complexity index is 251. The van der Waals surface area contributed by atoms with Crippen molar-refractivity contribution in [3.8, 4) is 0 Å². The lowest BCUT2D eigenvalue weighted by Crippen LogP contribution is -2.32. The molecule has 2 nitrogen and oxygen atoms in total. The molecule has 1 aliphatic heterocycles. The SMILES string of the molecule is CCCCC(CCC)NC1=NCC(CC(C)C)S1. The van der Waals surface area contributed by atoms with Gasteiger partial charge in [0.1, 0.15) is 0 Å². The summed E-state index contributed by atoms with van der Waals surface area (Å²) in [4.78, 5) is 4.67. The van der Waals surface area contributed by atoms with E-state index in [0.29, 0.717) is 11.3 Å². The van der Waals surface area contributed by atoms with Crippen LogP contribution in [0.4, 0.5) is 0 Å². The van der Waals surface area contributed by atoms with Crippen LogP contribution < -0.4 is 5.32 Å². The molecule has 3 heteroatoms. The molecule has 0 spiro atoms. The van der Waals surface area contributed by atoms with E-state index in [9.17, 15) is 0 Å². The van der Waals surface area contributed by atoms with Gasteiger partial charge in [-0.05, 0) is 25.2 Å². The largest absolute Gasteiger partial charge is 0.362 e. The molecule has 0 aliphatic carbocycles. The molecule has 0 aromatic rings. The molecule has 1 heterocycles. The van der Waals surface area contributed by atoms with Crippen LogP contribution in [0.2, 0.25) is 0 Å². The minimum absolute atomic E-state index is 0.638. The van der Waals surface area contributed by atoms with Gasteiger partial charge >= 0.3 is 0 Å². The maximum absolute atomic E-state index is 4.67. The van der Waals surface area contributed by atoms with Gasteiger partial charge in [-0.15, -0.1) is 0 Å². The topological polar surface area (TPSA) is 24.4 Å². The highest BCUT2D eigenvalue weighted by molar-refractivity contribution is 8.14. The summed E-state index contributed by atoms with van der Waals surface area (Å²) in [6, 6.07) is 0.638. The standard InChI is InChI=1S/C15H30N2S/c1-5-7-9-13(8-6-2)17-15-16-11-14(18-15)10-12(3)4/h12-14H,5-11H2,1-4H3,(H,16,17). The molecule has 18 heavy (non-hydrogen) atoms. The first kappa shape index (κ1) is 15.9. The van der Waals surface area contributed by atoms with E-state index in [1.165, 1.54) is 43.7 Å². The van der Waals surface area contributed by atoms with E-state index in [1.54, 1.807) is 0 Å². The van der Waals surface area contributed by atoms with Crippen molar-refractivity contribution in [2.24, 2.45) is 10.9 Å². The van der Waals surface area contributed by atoms with Crippen molar-refractivity contribution in [2.45, 2.75) is 77.5 Å². The first-order chi connectivity index (χ1) is 8.65. The molecule has 1 N–H and O–H groups in total. The lowest BCUT2D eigenvalue weighted by molar-refractivity contribution is 0.497. The molecular weight excluding hydrogens is 240 g/mol. The number of amidine groups is 1. The molecule has 2 unspecified atom stereocenters. The number of thioether (sulfide) groups is 1. The van der Waals surface area contributed by atoms with Gasteiger partial charge in [-0.2, -0.15) is 0 Å². The minimum atomic E-state index is 0.638. The molecule has 0 bridgehead atoms. The third kappa shape index (κ3) is 6.12. The summed E-state index contributed by atoms with van der Waals surface area (Å²) in [6.07, 6.45) is 7.72. The van der Waals surface area contributed by atoms with Crippen LogP contribution in [0.15, 0.2) is 4.99 Å². The molecule has 2 atom stereocenters. The van der Waals surface area contributed by atoms with Crippen molar-refractivity contribution in [3.05, 3.63) is 0 Å². The number of nitrogens with one attached hydrogen (secondary N) is 1. The van der Waals surface area contributed by atoms with E-state index in [1.807, 2.05) is 11.8 Å². The lowest BCUT2D eigenvalue weighted by atomic mass is 10.1. The first-order valence-electron chi connectivity index (χ1n) is 7.63. The molecule has 0 radical (unpaired) electrons. The van der Waals surface area contributed by atoms with Crippen LogP contribution in [0.5, 0.6) is 0 Å². The summed E-state index contributed by atoms with van der Waals surface area (Å²) in [5.74, 6) is 0.781. The highest BCUT2D eigenvalue weighted by atomic mass is 32.2. The number of nitrogens with zero attached hydrogens (tertiary/aromatic N) is 1. The Morgan fingerprint density at radius 3 is 2.67 bits per heavy atom. The van der Waals surface area contributed by atoms with Gasteiger partial charge in [0, 0.05) is 11.3 Å². The average molecular weight is 270 g/mol. The summed E-state index contributed by atoms with van der Waals surface area (Å²) >= 11 is 1.97. The Morgan fingerprint density at radius 2 is 2.06 bits per heavy atom. The van der Waals surface area contributed by atoms with Gasteiger partial charge in [0.05, 0.1) is 6.54 Å². The molecule has 106 valence electrons. The maximum Gasteiger partial charge on any atom is 0.157 e. The molecular formula is C15H30N2S. The molecule has 0 fully saturated rings. The zero-order valence-corrected chi connectivity index (χ0v) is 13.4. The van der Waals surface area contributed by atoms with Gasteiger partial charge in [-0.1, -0.05) is 58.7 Å². The van der Waals surface area contributed by atoms with Crippen molar-refractivity contribution in [1.82, 2.24) is 5.32 Å². The fourth-order valence-electron chi connectivity index (χ4n) is 2.41. The van der Waals surface area contributed by atoms with E-state index < -0.39 is 0 Å². The van der Waals surface area contributed by atoms with E-state index in [0.717, 1.165) is 12.5 Å². The Hall–Kier alpha value is -0.180. The summed E-state index contributed by atoms with van der Waals surface area (Å²) in [6.45, 7) is 10.1. The number of rotatable bonds is 8. The van der Waals surface area contributed by atoms with Crippen LogP contribution in [0, 0.1) is 5.92 Å². The van der Waals surface area contributed by atoms with E-state index in [4.69, 9.17) is 0 Å². The molecule has 0 aromatic carbocycles. The smallest absolute Gasteiger partial charge is 0.157 e. The van der Waals surface area contributed by atoms with Gasteiger partial charge in [0.2, 0.25) is 0 Å². The van der Waals surface area contributed by atoms with Gasteiger partial charge < -0.3 is 5.32 Å². The number of unbranched alkanes of at least 4 members (excludes halogenated alkanes) is 1. The molecule has 1 rings (SSSR count). The van der Waals surface area contributed by atoms with Crippen LogP contribution >= 0.6 is 11.8 Å². The third-order valence-electron chi connectivity index (χ3n) is 3.32. The van der Waals surface area contributed by atoms with E-state index in [-0.39, 0.29) is 0 Å². The molecule has 0 amide bonds. The van der Waals surface area contributed by atoms with Crippen LogP contribution in [0.3, 0.4) is 0 Å². The van der Waals surface area contributed by atoms with Crippen molar-refractivity contribution in [3.63, 3.8) is 0 Å². The van der Waals surface area contributed by atoms with Gasteiger partial charge in [-0.3, -0.25) is 4.99 Å². The maximum atomic E-state index is 4.67. The average Bonchev–Trinajstić information content (AvgIpc) is 2.72. The van der Waals surface area contributed by atoms with Crippen molar-refractivity contribution in [2.75, 3.05) is 6.54 Å². The highest BCUT2D eigenvalue weighted by Crippen LogP contribution is 2.26. The van der Waals surface area contributed by atoms with Crippen molar-refractivity contribution >= 4 is 16.9 Å². The normalized spacial score (nSPS) is 21.2. The quantitative estimate of drug-likeness (QED) is 0.704. The Morgan fingerprint density at radius 1 is 1.28 bits per heavy atom. The monoisotopic (exact) mass is 270 g/mol. The summed E-state index contributed by atoms with van der Waals surface area (Å²) in [7, 11) is 0. The minimum Gasteiger partial charge on any atom is -0.362 e. The highest BCUT2D eigenvalue weighted by Gasteiger charge is 2.22. The van der Waals surface area contributed by atoms with Gasteiger partial charge in [0.25, 0.3) is 0 Å². The van der Waals surface area contributed by atoms with Crippen LogP contribution in [-0.2, 0) is 0 Å². The number of hydrogen-bond acceptors (Lipinski definition) is 3. The zero-order valence-electron chi connectivity index (χ0n) is 12.5. The van der Waals surface area contributed by atoms with Crippen LogP contribution in [0.1, 0.15) is 66.2 Å². The zero-order chi connectivity index (χ0) is 13.4. The van der Waals surface area contributed by atoms with E-state index in [2.05, 4.69) is 38.0 Å². The van der Waals surface area contributed by atoms with Crippen LogP contribution in [-0.4, -0.2) is 23.0 Å². The molecule has 0 aromatic heterocycles. The fourth-order valence-corrected chi connectivity index (χ4v) is 3.74. The third-order valence-corrected chi connectivity index (χ3v) is 4.47. The molecule has 1 aliphatic rings. The van der Waals surface area contributed by atoms with Crippen LogP contribution in [0.25, 0.3) is 0 Å². The second kappa shape index (κ2) is 8.84. The summed E-state index contributed by atoms with van der Waals surface area (Å²) < 4.78 is 0. The summed E-state index contributed by atoms with van der Waals surface area (Å²) in [5.41, 5.74) is 0. The van der Waals surface area contributed by atoms with Crippen molar-refractivity contribution in [1.29, 1.82) is 0 Å². The Kier molecular flexibility index (Phi) is 7.80. The first-order valence-corrected chi connectivity index (χ1v) is 8.51. The fraction of sp³-hybridized carbons (Fsp3) is 0.933. The predicted octanol–water partition coefficient (Wildman–Crippen LogP) is 4.45. The number of aliphatic imine (C=N–C) groups is 1. The summed E-state index contributed by atoms with van der Waals surface area (Å²) in [5, 5.41) is 5.58. The van der Waals surface area contributed by atoms with Gasteiger partial charge in [-0.25, -0.2) is 0 Å². The molecule has 0 saturated heterocycles. The second-order valence-corrected chi connectivity index (χ2v) is 7.08. The Labute approximate surface area is 117 Å². The molecule has 0 saturated carbocycles. The van der Waals surface area contributed by atoms with E-state index >= 15 is 0 Å².